The molecule has 3 aromatic carbocycles. The van der Waals surface area contributed by atoms with Crippen molar-refractivity contribution in [1.82, 2.24) is 4.72 Å². The third-order valence-corrected chi connectivity index (χ3v) is 7.03. The van der Waals surface area contributed by atoms with Gasteiger partial charge in [-0.3, -0.25) is 14.9 Å². The highest BCUT2D eigenvalue weighted by Crippen LogP contribution is 2.27. The molecule has 3 rings (SSSR count). The molecule has 0 unspecified atom stereocenters. The number of nitrogens with zero attached hydrogens (tertiary/aromatic N) is 1. The van der Waals surface area contributed by atoms with E-state index in [2.05, 4.69) is 10.0 Å². The molecule has 0 aromatic heterocycles. The zero-order chi connectivity index (χ0) is 24.2. The largest absolute Gasteiger partial charge is 0.324 e. The van der Waals surface area contributed by atoms with Gasteiger partial charge in [0.05, 0.1) is 21.2 Å². The maximum Gasteiger partial charge on any atom is 0.274 e. The first-order valence-corrected chi connectivity index (χ1v) is 11.9. The van der Waals surface area contributed by atoms with Crippen molar-refractivity contribution in [2.45, 2.75) is 24.3 Å². The van der Waals surface area contributed by atoms with Gasteiger partial charge in [-0.15, -0.1) is 0 Å². The summed E-state index contributed by atoms with van der Waals surface area (Å²) in [6, 6.07) is 15.8. The Balaban J connectivity index is 1.95. The van der Waals surface area contributed by atoms with Crippen LogP contribution in [0.1, 0.15) is 11.1 Å². The summed E-state index contributed by atoms with van der Waals surface area (Å²) in [5, 5.41) is 13.9. The van der Waals surface area contributed by atoms with Crippen LogP contribution in [0.2, 0.25) is 10.0 Å². The number of rotatable bonds is 8. The lowest BCUT2D eigenvalue weighted by Crippen LogP contribution is -2.45. The minimum absolute atomic E-state index is 0.0259. The summed E-state index contributed by atoms with van der Waals surface area (Å²) in [4.78, 5) is 23.5. The summed E-state index contributed by atoms with van der Waals surface area (Å²) >= 11 is 12.0. The molecule has 0 saturated carbocycles. The van der Waals surface area contributed by atoms with E-state index < -0.39 is 26.9 Å². The van der Waals surface area contributed by atoms with Crippen molar-refractivity contribution < 1.29 is 18.1 Å². The predicted octanol–water partition coefficient (Wildman–Crippen LogP) is 4.74. The van der Waals surface area contributed by atoms with Gasteiger partial charge in [0.25, 0.3) is 5.69 Å². The molecule has 0 fully saturated rings. The number of carbonyl (C=O) groups excluding carboxylic acids is 1. The first kappa shape index (κ1) is 24.7. The second kappa shape index (κ2) is 10.3. The van der Waals surface area contributed by atoms with Crippen molar-refractivity contribution in [2.75, 3.05) is 5.32 Å². The molecule has 0 spiro atoms. The summed E-state index contributed by atoms with van der Waals surface area (Å²) in [6.45, 7) is 1.50. The van der Waals surface area contributed by atoms with Crippen LogP contribution in [0.4, 0.5) is 11.4 Å². The van der Waals surface area contributed by atoms with E-state index in [0.717, 1.165) is 0 Å². The molecule has 0 radical (unpaired) electrons. The number of amides is 1. The monoisotopic (exact) mass is 507 g/mol. The molecule has 0 aliphatic heterocycles. The van der Waals surface area contributed by atoms with Gasteiger partial charge in [-0.05, 0) is 43.2 Å². The van der Waals surface area contributed by atoms with Gasteiger partial charge in [0.2, 0.25) is 15.9 Å². The van der Waals surface area contributed by atoms with Gasteiger partial charge in [-0.1, -0.05) is 59.6 Å². The number of nitro benzene ring substituents is 1. The van der Waals surface area contributed by atoms with Crippen molar-refractivity contribution >= 4 is 50.5 Å². The zero-order valence-electron chi connectivity index (χ0n) is 17.3. The smallest absolute Gasteiger partial charge is 0.274 e. The average molecular weight is 508 g/mol. The summed E-state index contributed by atoms with van der Waals surface area (Å²) in [5.41, 5.74) is 0.981. The van der Waals surface area contributed by atoms with Crippen LogP contribution < -0.4 is 10.0 Å². The Bertz CT molecular complexity index is 1300. The molecule has 0 bridgehead atoms. The third-order valence-electron chi connectivity index (χ3n) is 4.84. The van der Waals surface area contributed by atoms with Gasteiger partial charge in [0.1, 0.15) is 10.9 Å². The van der Waals surface area contributed by atoms with E-state index in [9.17, 15) is 23.3 Å². The molecule has 0 saturated heterocycles. The standard InChI is InChI=1S/C22H19Cl2N3O5S/c1-14-18(8-5-9-20(14)27(29)30)25-22(28)19(12-15-6-3-2-4-7-15)26-33(31,32)21-13-16(23)10-11-17(21)24/h2-11,13,19,26H,12H2,1H3,(H,25,28)/t19-/m0/s1. The molecular formula is C22H19Cl2N3O5S. The highest BCUT2D eigenvalue weighted by Gasteiger charge is 2.28. The fourth-order valence-electron chi connectivity index (χ4n) is 3.15. The quantitative estimate of drug-likeness (QED) is 0.337. The first-order chi connectivity index (χ1) is 15.6. The number of nitrogens with one attached hydrogen (secondary N) is 2. The Labute approximate surface area is 200 Å². The lowest BCUT2D eigenvalue weighted by molar-refractivity contribution is -0.385. The summed E-state index contributed by atoms with van der Waals surface area (Å²) in [7, 11) is -4.24. The zero-order valence-corrected chi connectivity index (χ0v) is 19.6. The van der Waals surface area contributed by atoms with Crippen LogP contribution in [0.25, 0.3) is 0 Å². The Hall–Kier alpha value is -2.98. The number of hydrogen-bond acceptors (Lipinski definition) is 5. The first-order valence-electron chi connectivity index (χ1n) is 9.64. The molecule has 3 aromatic rings. The number of nitro groups is 1. The van der Waals surface area contributed by atoms with Gasteiger partial charge in [0.15, 0.2) is 0 Å². The highest BCUT2D eigenvalue weighted by molar-refractivity contribution is 7.89. The van der Waals surface area contributed by atoms with Crippen molar-refractivity contribution in [1.29, 1.82) is 0 Å². The van der Waals surface area contributed by atoms with E-state index >= 15 is 0 Å². The lowest BCUT2D eigenvalue weighted by Gasteiger charge is -2.20. The Morgan fingerprint density at radius 1 is 1.06 bits per heavy atom. The van der Waals surface area contributed by atoms with Crippen molar-refractivity contribution in [2.24, 2.45) is 0 Å². The predicted molar refractivity (Wildman–Crippen MR) is 127 cm³/mol. The Kier molecular flexibility index (Phi) is 7.70. The van der Waals surface area contributed by atoms with E-state index in [4.69, 9.17) is 23.2 Å². The van der Waals surface area contributed by atoms with Gasteiger partial charge in [0, 0.05) is 11.1 Å². The number of hydrogen-bond donors (Lipinski definition) is 2. The van der Waals surface area contributed by atoms with Crippen LogP contribution in [-0.4, -0.2) is 25.3 Å². The molecule has 8 nitrogen and oxygen atoms in total. The summed E-state index contributed by atoms with van der Waals surface area (Å²) < 4.78 is 28.5. The molecule has 33 heavy (non-hydrogen) atoms. The minimum atomic E-state index is -4.24. The average Bonchev–Trinajstić information content (AvgIpc) is 2.76. The molecule has 172 valence electrons. The van der Waals surface area contributed by atoms with E-state index in [1.54, 1.807) is 30.3 Å². The van der Waals surface area contributed by atoms with Crippen LogP contribution in [0.5, 0.6) is 0 Å². The normalized spacial score (nSPS) is 12.2. The Morgan fingerprint density at radius 3 is 2.42 bits per heavy atom. The van der Waals surface area contributed by atoms with Crippen molar-refractivity contribution in [3.63, 3.8) is 0 Å². The number of sulfonamides is 1. The van der Waals surface area contributed by atoms with Gasteiger partial charge in [-0.2, -0.15) is 4.72 Å². The summed E-state index contributed by atoms with van der Waals surface area (Å²) in [5.74, 6) is -0.691. The van der Waals surface area contributed by atoms with Gasteiger partial charge in [-0.25, -0.2) is 8.42 Å². The molecule has 0 heterocycles. The minimum Gasteiger partial charge on any atom is -0.324 e. The SMILES string of the molecule is Cc1c(NC(=O)[C@H](Cc2ccccc2)NS(=O)(=O)c2cc(Cl)ccc2Cl)cccc1[N+](=O)[O-]. The fourth-order valence-corrected chi connectivity index (χ4v) is 5.11. The van der Waals surface area contributed by atoms with Gasteiger partial charge < -0.3 is 5.32 Å². The third kappa shape index (κ3) is 6.08. The van der Waals surface area contributed by atoms with Crippen LogP contribution in [0.3, 0.4) is 0 Å². The topological polar surface area (TPSA) is 118 Å². The van der Waals surface area contributed by atoms with Crippen LogP contribution >= 0.6 is 23.2 Å². The second-order valence-corrected chi connectivity index (χ2v) is 9.66. The fraction of sp³-hybridized carbons (Fsp3) is 0.136. The Morgan fingerprint density at radius 2 is 1.76 bits per heavy atom. The summed E-state index contributed by atoms with van der Waals surface area (Å²) in [6.07, 6.45) is 0.0259. The van der Waals surface area contributed by atoms with Crippen molar-refractivity contribution in [3.05, 3.63) is 98.0 Å². The number of anilines is 1. The number of halogens is 2. The van der Waals surface area contributed by atoms with E-state index in [0.29, 0.717) is 5.56 Å². The van der Waals surface area contributed by atoms with E-state index in [1.165, 1.54) is 43.3 Å². The number of benzene rings is 3. The van der Waals surface area contributed by atoms with Crippen LogP contribution in [0, 0.1) is 17.0 Å². The molecule has 0 aliphatic rings. The van der Waals surface area contributed by atoms with Gasteiger partial charge >= 0.3 is 0 Å². The molecule has 0 aliphatic carbocycles. The van der Waals surface area contributed by atoms with E-state index in [1.807, 2.05) is 0 Å². The van der Waals surface area contributed by atoms with Crippen LogP contribution in [0.15, 0.2) is 71.6 Å². The van der Waals surface area contributed by atoms with Crippen molar-refractivity contribution in [3.8, 4) is 0 Å². The lowest BCUT2D eigenvalue weighted by atomic mass is 10.1. The maximum absolute atomic E-state index is 13.1. The molecule has 1 atom stereocenters. The number of carbonyl (C=O) groups is 1. The molecule has 1 amide bonds. The molecular weight excluding hydrogens is 489 g/mol. The van der Waals surface area contributed by atoms with Crippen LogP contribution in [-0.2, 0) is 21.2 Å². The van der Waals surface area contributed by atoms with E-state index in [-0.39, 0.29) is 38.3 Å². The second-order valence-electron chi connectivity index (χ2n) is 7.13. The maximum atomic E-state index is 13.1. The highest BCUT2D eigenvalue weighted by atomic mass is 35.5. The molecule has 11 heteroatoms. The molecule has 2 N–H and O–H groups in total.